The van der Waals surface area contributed by atoms with E-state index in [0.29, 0.717) is 11.1 Å². The van der Waals surface area contributed by atoms with Crippen molar-refractivity contribution in [1.82, 2.24) is 5.43 Å². The van der Waals surface area contributed by atoms with E-state index in [0.717, 1.165) is 28.1 Å². The van der Waals surface area contributed by atoms with E-state index in [1.807, 2.05) is 6.07 Å². The Bertz CT molecular complexity index is 1530. The van der Waals surface area contributed by atoms with E-state index < -0.39 is 27.1 Å². The fraction of sp³-hybridized carbons (Fsp3) is 0.0435. The number of furan rings is 1. The number of fused-ring (bicyclic) bond motifs is 1. The van der Waals surface area contributed by atoms with Crippen LogP contribution in [0.25, 0.3) is 11.0 Å². The number of non-ortho nitro benzene ring substituents is 1. The second-order valence-electron chi connectivity index (χ2n) is 7.17. The molecule has 0 atom stereocenters. The minimum atomic E-state index is -0.778. The van der Waals surface area contributed by atoms with Gasteiger partial charge in [0.2, 0.25) is 5.75 Å². The topological polar surface area (TPSA) is 159 Å². The van der Waals surface area contributed by atoms with Gasteiger partial charge in [-0.1, -0.05) is 15.9 Å². The van der Waals surface area contributed by atoms with Gasteiger partial charge < -0.3 is 13.9 Å². The van der Waals surface area contributed by atoms with Crippen LogP contribution in [-0.2, 0) is 0 Å². The van der Waals surface area contributed by atoms with Gasteiger partial charge in [-0.05, 0) is 54.1 Å². The number of nitro benzene ring substituents is 2. The average molecular weight is 555 g/mol. The molecule has 12 nitrogen and oxygen atoms in total. The third kappa shape index (κ3) is 5.31. The van der Waals surface area contributed by atoms with Crippen LogP contribution in [0.3, 0.4) is 0 Å². The Kier molecular flexibility index (Phi) is 6.92. The van der Waals surface area contributed by atoms with Crippen LogP contribution in [0.1, 0.15) is 16.1 Å². The Hall–Kier alpha value is -4.78. The highest BCUT2D eigenvalue weighted by molar-refractivity contribution is 9.10. The number of nitrogens with zero attached hydrogens (tertiary/aromatic N) is 3. The number of hydrogen-bond donors (Lipinski definition) is 1. The molecule has 1 N–H and O–H groups in total. The van der Waals surface area contributed by atoms with E-state index in [1.165, 1.54) is 25.5 Å². The molecule has 0 unspecified atom stereocenters. The van der Waals surface area contributed by atoms with Crippen molar-refractivity contribution in [2.45, 2.75) is 0 Å². The first-order valence-electron chi connectivity index (χ1n) is 10.1. The van der Waals surface area contributed by atoms with E-state index in [-0.39, 0.29) is 23.0 Å². The molecule has 0 fully saturated rings. The fourth-order valence-electron chi connectivity index (χ4n) is 3.16. The van der Waals surface area contributed by atoms with Crippen LogP contribution in [0.4, 0.5) is 11.4 Å². The molecule has 0 radical (unpaired) electrons. The lowest BCUT2D eigenvalue weighted by Crippen LogP contribution is -2.16. The standard InChI is InChI=1S/C23H15BrN4O8/c1-34-21-8-13(12-25-26-23(29)22-10-14-9-15(24)3-6-18(14)35-22)2-5-20(21)36-19-7-4-16(27(30)31)11-17(19)28(32)33/h2-12H,1H3,(H,26,29)/b25-12-. The van der Waals surface area contributed by atoms with Crippen LogP contribution in [0.15, 0.2) is 74.7 Å². The Morgan fingerprint density at radius 3 is 2.50 bits per heavy atom. The van der Waals surface area contributed by atoms with Gasteiger partial charge in [-0.25, -0.2) is 5.43 Å². The van der Waals surface area contributed by atoms with Crippen LogP contribution in [-0.4, -0.2) is 29.1 Å². The molecule has 1 heterocycles. The number of hydrazone groups is 1. The number of amides is 1. The van der Waals surface area contributed by atoms with Gasteiger partial charge >= 0.3 is 11.6 Å². The summed E-state index contributed by atoms with van der Waals surface area (Å²) in [7, 11) is 1.37. The monoisotopic (exact) mass is 554 g/mol. The number of carbonyl (C=O) groups excluding carboxylic acids is 1. The molecule has 36 heavy (non-hydrogen) atoms. The summed E-state index contributed by atoms with van der Waals surface area (Å²) >= 11 is 3.36. The molecule has 0 bridgehead atoms. The summed E-state index contributed by atoms with van der Waals surface area (Å²) in [6.07, 6.45) is 1.36. The highest BCUT2D eigenvalue weighted by atomic mass is 79.9. The zero-order valence-electron chi connectivity index (χ0n) is 18.3. The van der Waals surface area contributed by atoms with Crippen molar-refractivity contribution in [2.75, 3.05) is 7.11 Å². The number of methoxy groups -OCH3 is 1. The van der Waals surface area contributed by atoms with Gasteiger partial charge in [0.1, 0.15) is 5.58 Å². The van der Waals surface area contributed by atoms with Gasteiger partial charge in [-0.15, -0.1) is 0 Å². The normalized spacial score (nSPS) is 10.9. The van der Waals surface area contributed by atoms with Crippen LogP contribution in [0.5, 0.6) is 17.2 Å². The van der Waals surface area contributed by atoms with E-state index in [1.54, 1.807) is 24.3 Å². The van der Waals surface area contributed by atoms with E-state index >= 15 is 0 Å². The number of carbonyl (C=O) groups is 1. The lowest BCUT2D eigenvalue weighted by molar-refractivity contribution is -0.394. The molecular formula is C23H15BrN4O8. The first kappa shape index (κ1) is 24.3. The molecule has 0 aliphatic carbocycles. The number of nitrogens with one attached hydrogen (secondary N) is 1. The lowest BCUT2D eigenvalue weighted by atomic mass is 10.2. The lowest BCUT2D eigenvalue weighted by Gasteiger charge is -2.11. The van der Waals surface area contributed by atoms with Crippen molar-refractivity contribution in [3.8, 4) is 17.2 Å². The summed E-state index contributed by atoms with van der Waals surface area (Å²) in [5.74, 6) is -0.317. The van der Waals surface area contributed by atoms with Gasteiger partial charge in [0.25, 0.3) is 5.69 Å². The van der Waals surface area contributed by atoms with Gasteiger partial charge in [0.05, 0.1) is 29.2 Å². The molecule has 1 amide bonds. The molecule has 0 saturated heterocycles. The molecule has 0 spiro atoms. The number of benzene rings is 3. The first-order chi connectivity index (χ1) is 17.2. The minimum absolute atomic E-state index is 0.0891. The number of halogens is 1. The van der Waals surface area contributed by atoms with Crippen molar-refractivity contribution >= 4 is 50.4 Å². The van der Waals surface area contributed by atoms with E-state index in [4.69, 9.17) is 13.9 Å². The predicted octanol–water partition coefficient (Wildman–Crippen LogP) is 5.58. The quantitative estimate of drug-likeness (QED) is 0.168. The molecule has 4 rings (SSSR count). The van der Waals surface area contributed by atoms with Gasteiger partial charge in [0.15, 0.2) is 17.3 Å². The molecular weight excluding hydrogens is 540 g/mol. The maximum absolute atomic E-state index is 12.4. The molecule has 182 valence electrons. The summed E-state index contributed by atoms with van der Waals surface area (Å²) in [5, 5.41) is 26.9. The zero-order valence-corrected chi connectivity index (χ0v) is 19.9. The van der Waals surface area contributed by atoms with E-state index in [2.05, 4.69) is 26.5 Å². The Morgan fingerprint density at radius 1 is 1.00 bits per heavy atom. The van der Waals surface area contributed by atoms with Crippen molar-refractivity contribution in [3.05, 3.63) is 96.7 Å². The summed E-state index contributed by atoms with van der Waals surface area (Å²) in [6, 6.07) is 14.6. The highest BCUT2D eigenvalue weighted by Crippen LogP contribution is 2.38. The first-order valence-corrected chi connectivity index (χ1v) is 10.9. The fourth-order valence-corrected chi connectivity index (χ4v) is 3.54. The van der Waals surface area contributed by atoms with Gasteiger partial charge in [-0.3, -0.25) is 25.0 Å². The van der Waals surface area contributed by atoms with Crippen molar-refractivity contribution in [1.29, 1.82) is 0 Å². The smallest absolute Gasteiger partial charge is 0.318 e. The average Bonchev–Trinajstić information content (AvgIpc) is 3.28. The summed E-state index contributed by atoms with van der Waals surface area (Å²) in [6.45, 7) is 0. The number of ether oxygens (including phenoxy) is 2. The molecule has 0 saturated carbocycles. The van der Waals surface area contributed by atoms with Gasteiger partial charge in [-0.2, -0.15) is 5.10 Å². The maximum atomic E-state index is 12.4. The molecule has 3 aromatic carbocycles. The largest absolute Gasteiger partial charge is 0.493 e. The van der Waals surface area contributed by atoms with Crippen LogP contribution < -0.4 is 14.9 Å². The third-order valence-electron chi connectivity index (χ3n) is 4.84. The number of nitro groups is 2. The Balaban J connectivity index is 1.49. The second-order valence-corrected chi connectivity index (χ2v) is 8.09. The molecule has 0 aliphatic heterocycles. The van der Waals surface area contributed by atoms with Crippen molar-refractivity contribution < 1.29 is 28.5 Å². The SMILES string of the molecule is COc1cc(/C=N\NC(=O)c2cc3cc(Br)ccc3o2)ccc1Oc1ccc([N+](=O)[O-])cc1[N+](=O)[O-]. The maximum Gasteiger partial charge on any atom is 0.318 e. The summed E-state index contributed by atoms with van der Waals surface area (Å²) < 4.78 is 17.3. The highest BCUT2D eigenvalue weighted by Gasteiger charge is 2.22. The van der Waals surface area contributed by atoms with Crippen LogP contribution in [0.2, 0.25) is 0 Å². The summed E-state index contributed by atoms with van der Waals surface area (Å²) in [5.41, 5.74) is 2.44. The van der Waals surface area contributed by atoms with Crippen molar-refractivity contribution in [3.63, 3.8) is 0 Å². The zero-order chi connectivity index (χ0) is 25.8. The number of hydrogen-bond acceptors (Lipinski definition) is 9. The predicted molar refractivity (Wildman–Crippen MR) is 132 cm³/mol. The molecule has 13 heteroatoms. The molecule has 4 aromatic rings. The van der Waals surface area contributed by atoms with Crippen LogP contribution >= 0.6 is 15.9 Å². The third-order valence-corrected chi connectivity index (χ3v) is 5.33. The minimum Gasteiger partial charge on any atom is -0.493 e. The van der Waals surface area contributed by atoms with Crippen molar-refractivity contribution in [2.24, 2.45) is 5.10 Å². The van der Waals surface area contributed by atoms with Gasteiger partial charge in [0, 0.05) is 15.9 Å². The number of rotatable bonds is 8. The Labute approximate surface area is 210 Å². The molecule has 0 aliphatic rings. The second kappa shape index (κ2) is 10.2. The summed E-state index contributed by atoms with van der Waals surface area (Å²) in [4.78, 5) is 33.1. The van der Waals surface area contributed by atoms with E-state index in [9.17, 15) is 25.0 Å². The molecule has 1 aromatic heterocycles. The van der Waals surface area contributed by atoms with Crippen LogP contribution in [0, 0.1) is 20.2 Å². The Morgan fingerprint density at radius 2 is 1.78 bits per heavy atom.